The molecule has 0 saturated heterocycles. The third kappa shape index (κ3) is 8.45. The summed E-state index contributed by atoms with van der Waals surface area (Å²) in [6.07, 6.45) is -6.79. The van der Waals surface area contributed by atoms with Crippen LogP contribution in [0.15, 0.2) is 54.6 Å². The lowest BCUT2D eigenvalue weighted by molar-refractivity contribution is -0.189. The molecule has 48 heavy (non-hydrogen) atoms. The minimum Gasteiger partial charge on any atom is -0.429 e. The summed E-state index contributed by atoms with van der Waals surface area (Å²) in [6.45, 7) is 2.02. The maximum Gasteiger partial charge on any atom is 0.432 e. The van der Waals surface area contributed by atoms with E-state index in [0.717, 1.165) is 24.8 Å². The van der Waals surface area contributed by atoms with Gasteiger partial charge in [-0.3, -0.25) is 0 Å². The van der Waals surface area contributed by atoms with Gasteiger partial charge in [-0.25, -0.2) is 30.7 Å². The highest BCUT2D eigenvalue weighted by Crippen LogP contribution is 2.37. The highest BCUT2D eigenvalue weighted by atomic mass is 19.4. The standard InChI is InChI=1S/C35H20F12O/c1-2-3-4-5-19-6-9-22(25(36)12-19)10-7-20-15-30(41)33(31(42)16-20)35(46,47)48-23-17-26(37)24(27(38)18-23)11-8-21-13-28(39)32(29(40)14-21)34(43,44)45/h6,9,12-18H,2-5H2,1H3. The molecule has 13 heteroatoms. The lowest BCUT2D eigenvalue weighted by Gasteiger charge is -2.20. The quantitative estimate of drug-likeness (QED) is 0.107. The van der Waals surface area contributed by atoms with Crippen molar-refractivity contribution in [1.29, 1.82) is 0 Å². The van der Waals surface area contributed by atoms with Crippen LogP contribution in [0.1, 0.15) is 65.1 Å². The van der Waals surface area contributed by atoms with Gasteiger partial charge >= 0.3 is 12.3 Å². The van der Waals surface area contributed by atoms with E-state index in [4.69, 9.17) is 0 Å². The third-order valence-corrected chi connectivity index (χ3v) is 6.70. The van der Waals surface area contributed by atoms with Crippen molar-refractivity contribution in [3.63, 3.8) is 0 Å². The predicted molar refractivity (Wildman–Crippen MR) is 150 cm³/mol. The summed E-state index contributed by atoms with van der Waals surface area (Å²) in [5.74, 6) is -4.79. The van der Waals surface area contributed by atoms with Crippen LogP contribution in [0.4, 0.5) is 52.7 Å². The number of benzene rings is 4. The molecule has 0 aliphatic rings. The number of aryl methyl sites for hydroxylation is 1. The SMILES string of the molecule is CCCCCc1ccc(C#Cc2cc(F)c(C(F)(F)Oc3cc(F)c(C#Cc4cc(F)c(C(F)(F)F)c(F)c4)c(F)c3)c(F)c2)c(F)c1. The number of rotatable bonds is 7. The Kier molecular flexibility index (Phi) is 10.7. The minimum atomic E-state index is -5.38. The molecule has 0 atom stereocenters. The molecule has 0 heterocycles. The Hall–Kier alpha value is -5.04. The van der Waals surface area contributed by atoms with E-state index in [9.17, 15) is 52.7 Å². The van der Waals surface area contributed by atoms with Gasteiger partial charge in [0.05, 0.1) is 11.1 Å². The molecule has 4 aromatic rings. The molecular formula is C35H20F12O. The van der Waals surface area contributed by atoms with Crippen LogP contribution in [0.5, 0.6) is 5.75 Å². The summed E-state index contributed by atoms with van der Waals surface area (Å²) in [5.41, 5.74) is -5.88. The summed E-state index contributed by atoms with van der Waals surface area (Å²) in [4.78, 5) is 0. The fourth-order valence-corrected chi connectivity index (χ4v) is 4.44. The van der Waals surface area contributed by atoms with Crippen molar-refractivity contribution in [2.45, 2.75) is 44.9 Å². The average Bonchev–Trinajstić information content (AvgIpc) is 2.94. The fourth-order valence-electron chi connectivity index (χ4n) is 4.44. The first-order chi connectivity index (χ1) is 22.5. The molecule has 0 radical (unpaired) electrons. The van der Waals surface area contributed by atoms with Crippen LogP contribution < -0.4 is 4.74 Å². The molecule has 0 bridgehead atoms. The van der Waals surface area contributed by atoms with E-state index in [2.05, 4.69) is 16.6 Å². The summed E-state index contributed by atoms with van der Waals surface area (Å²) in [7, 11) is 0. The molecule has 1 nitrogen and oxygen atoms in total. The highest BCUT2D eigenvalue weighted by Gasteiger charge is 2.41. The first-order valence-corrected chi connectivity index (χ1v) is 13.9. The van der Waals surface area contributed by atoms with E-state index in [1.165, 1.54) is 12.1 Å². The van der Waals surface area contributed by atoms with Crippen LogP contribution in [0.2, 0.25) is 0 Å². The smallest absolute Gasteiger partial charge is 0.429 e. The van der Waals surface area contributed by atoms with Gasteiger partial charge in [0.2, 0.25) is 0 Å². The Morgan fingerprint density at radius 2 is 1.08 bits per heavy atom. The van der Waals surface area contributed by atoms with E-state index < -0.39 is 86.6 Å². The molecule has 0 unspecified atom stereocenters. The van der Waals surface area contributed by atoms with E-state index in [1.54, 1.807) is 12.0 Å². The van der Waals surface area contributed by atoms with Crippen LogP contribution in [-0.4, -0.2) is 0 Å². The van der Waals surface area contributed by atoms with Crippen molar-refractivity contribution in [1.82, 2.24) is 0 Å². The van der Waals surface area contributed by atoms with Gasteiger partial charge in [-0.15, -0.1) is 0 Å². The second kappa shape index (κ2) is 14.4. The summed E-state index contributed by atoms with van der Waals surface area (Å²) in [5, 5.41) is 0. The predicted octanol–water partition coefficient (Wildman–Crippen LogP) is 10.3. The van der Waals surface area contributed by atoms with Crippen molar-refractivity contribution in [2.75, 3.05) is 0 Å². The van der Waals surface area contributed by atoms with Gasteiger partial charge in [-0.05, 0) is 54.8 Å². The molecule has 0 aliphatic carbocycles. The van der Waals surface area contributed by atoms with Crippen molar-refractivity contribution in [2.24, 2.45) is 0 Å². The molecule has 250 valence electrons. The van der Waals surface area contributed by atoms with Crippen molar-refractivity contribution < 1.29 is 57.4 Å². The molecule has 0 N–H and O–H groups in total. The number of hydrogen-bond acceptors (Lipinski definition) is 1. The molecule has 0 saturated carbocycles. The molecule has 0 aliphatic heterocycles. The Bertz CT molecular complexity index is 1900. The lowest BCUT2D eigenvalue weighted by Crippen LogP contribution is -2.25. The van der Waals surface area contributed by atoms with Gasteiger partial charge in [0.1, 0.15) is 57.6 Å². The van der Waals surface area contributed by atoms with Gasteiger partial charge in [0.25, 0.3) is 0 Å². The second-order valence-electron chi connectivity index (χ2n) is 10.3. The Labute approximate surface area is 266 Å². The highest BCUT2D eigenvalue weighted by molar-refractivity contribution is 5.48. The normalized spacial score (nSPS) is 11.4. The van der Waals surface area contributed by atoms with Gasteiger partial charge in [-0.1, -0.05) is 49.5 Å². The monoisotopic (exact) mass is 684 g/mol. The van der Waals surface area contributed by atoms with Gasteiger partial charge < -0.3 is 4.74 Å². The number of halogens is 12. The number of unbranched alkanes of at least 4 members (excludes halogenated alkanes) is 2. The maximum atomic E-state index is 14.9. The molecule has 0 spiro atoms. The van der Waals surface area contributed by atoms with Crippen molar-refractivity contribution in [3.05, 3.63) is 134 Å². The van der Waals surface area contributed by atoms with Crippen LogP contribution in [0.25, 0.3) is 0 Å². The fraction of sp³-hybridized carbons (Fsp3) is 0.200. The Balaban J connectivity index is 1.54. The van der Waals surface area contributed by atoms with Crippen molar-refractivity contribution in [3.8, 4) is 29.4 Å². The molecule has 0 amide bonds. The number of ether oxygens (including phenoxy) is 1. The second-order valence-corrected chi connectivity index (χ2v) is 10.3. The van der Waals surface area contributed by atoms with E-state index in [-0.39, 0.29) is 29.8 Å². The zero-order valence-electron chi connectivity index (χ0n) is 24.5. The summed E-state index contributed by atoms with van der Waals surface area (Å²) in [6, 6.07) is 5.78. The van der Waals surface area contributed by atoms with E-state index >= 15 is 0 Å². The van der Waals surface area contributed by atoms with Gasteiger partial charge in [0, 0.05) is 23.3 Å². The Morgan fingerprint density at radius 1 is 0.562 bits per heavy atom. The molecular weight excluding hydrogens is 664 g/mol. The zero-order valence-corrected chi connectivity index (χ0v) is 24.5. The van der Waals surface area contributed by atoms with Crippen LogP contribution >= 0.6 is 0 Å². The van der Waals surface area contributed by atoms with Crippen LogP contribution in [-0.2, 0) is 18.7 Å². The third-order valence-electron chi connectivity index (χ3n) is 6.70. The Morgan fingerprint density at radius 3 is 1.58 bits per heavy atom. The first-order valence-electron chi connectivity index (χ1n) is 13.9. The first kappa shape index (κ1) is 35.8. The summed E-state index contributed by atoms with van der Waals surface area (Å²) < 4.78 is 173. The number of alkyl halides is 5. The number of hydrogen-bond donors (Lipinski definition) is 0. The van der Waals surface area contributed by atoms with Gasteiger partial charge in [0.15, 0.2) is 0 Å². The van der Waals surface area contributed by atoms with E-state index in [0.29, 0.717) is 18.6 Å². The molecule has 4 aromatic carbocycles. The van der Waals surface area contributed by atoms with Crippen LogP contribution in [0, 0.1) is 64.4 Å². The average molecular weight is 685 g/mol. The zero-order chi connectivity index (χ0) is 35.4. The lowest BCUT2D eigenvalue weighted by atomic mass is 10.0. The van der Waals surface area contributed by atoms with E-state index in [1.807, 2.05) is 12.8 Å². The van der Waals surface area contributed by atoms with Crippen LogP contribution in [0.3, 0.4) is 0 Å². The topological polar surface area (TPSA) is 9.23 Å². The van der Waals surface area contributed by atoms with Gasteiger partial charge in [-0.2, -0.15) is 22.0 Å². The maximum absolute atomic E-state index is 14.9. The molecule has 4 rings (SSSR count). The van der Waals surface area contributed by atoms with Crippen molar-refractivity contribution >= 4 is 0 Å². The minimum absolute atomic E-state index is 0.108. The largest absolute Gasteiger partial charge is 0.432 e. The molecule has 0 fully saturated rings. The summed E-state index contributed by atoms with van der Waals surface area (Å²) >= 11 is 0. The molecule has 0 aromatic heterocycles.